The Morgan fingerprint density at radius 3 is 2.28 bits per heavy atom. The first-order valence-corrected chi connectivity index (χ1v) is 12.2. The molecule has 9 heteroatoms. The molecule has 0 saturated carbocycles. The zero-order chi connectivity index (χ0) is 22.3. The Bertz CT molecular complexity index is 1230. The zero-order valence-corrected chi connectivity index (χ0v) is 19.8. The van der Waals surface area contributed by atoms with E-state index in [1.807, 2.05) is 60.7 Å². The number of benzene rings is 3. The first-order chi connectivity index (χ1) is 15.6. The van der Waals surface area contributed by atoms with Crippen molar-refractivity contribution in [2.45, 2.75) is 4.34 Å². The number of nitrogens with one attached hydrogen (secondary N) is 2. The SMILES string of the molecule is O=C(CSc1nnc(NC(=O)c2ccccc2Br)s1)Nc1ccc(-c2ccccc2)cc1. The van der Waals surface area contributed by atoms with Gasteiger partial charge < -0.3 is 5.32 Å². The maximum Gasteiger partial charge on any atom is 0.258 e. The molecular weight excluding hydrogens is 508 g/mol. The number of carbonyl (C=O) groups is 2. The highest BCUT2D eigenvalue weighted by atomic mass is 79.9. The number of hydrogen-bond acceptors (Lipinski definition) is 6. The average molecular weight is 525 g/mol. The van der Waals surface area contributed by atoms with Crippen LogP contribution in [0, 0.1) is 0 Å². The molecule has 0 saturated heterocycles. The molecule has 0 aliphatic carbocycles. The van der Waals surface area contributed by atoms with Crippen LogP contribution in [0.5, 0.6) is 0 Å². The van der Waals surface area contributed by atoms with Crippen molar-refractivity contribution < 1.29 is 9.59 Å². The normalized spacial score (nSPS) is 10.5. The third kappa shape index (κ3) is 5.82. The molecule has 0 aliphatic rings. The lowest BCUT2D eigenvalue weighted by Gasteiger charge is -2.06. The second-order valence-electron chi connectivity index (χ2n) is 6.59. The molecule has 6 nitrogen and oxygen atoms in total. The highest BCUT2D eigenvalue weighted by Crippen LogP contribution is 2.27. The second-order valence-corrected chi connectivity index (χ2v) is 9.64. The van der Waals surface area contributed by atoms with E-state index in [0.29, 0.717) is 19.5 Å². The van der Waals surface area contributed by atoms with Crippen molar-refractivity contribution >= 4 is 61.7 Å². The van der Waals surface area contributed by atoms with Gasteiger partial charge in [0.1, 0.15) is 0 Å². The van der Waals surface area contributed by atoms with Crippen molar-refractivity contribution in [1.82, 2.24) is 10.2 Å². The van der Waals surface area contributed by atoms with Gasteiger partial charge in [-0.25, -0.2) is 0 Å². The molecule has 0 spiro atoms. The molecule has 3 aromatic carbocycles. The Hall–Kier alpha value is -3.01. The molecule has 2 N–H and O–H groups in total. The zero-order valence-electron chi connectivity index (χ0n) is 16.6. The van der Waals surface area contributed by atoms with E-state index in [1.165, 1.54) is 23.1 Å². The van der Waals surface area contributed by atoms with Crippen molar-refractivity contribution in [3.05, 3.63) is 88.9 Å². The molecular formula is C23H17BrN4O2S2. The molecule has 0 unspecified atom stereocenters. The van der Waals surface area contributed by atoms with Crippen LogP contribution in [0.3, 0.4) is 0 Å². The molecule has 32 heavy (non-hydrogen) atoms. The number of carbonyl (C=O) groups excluding carboxylic acids is 2. The van der Waals surface area contributed by atoms with E-state index in [1.54, 1.807) is 18.2 Å². The number of hydrogen-bond donors (Lipinski definition) is 2. The minimum absolute atomic E-state index is 0.142. The molecule has 4 rings (SSSR count). The molecule has 4 aromatic rings. The van der Waals surface area contributed by atoms with Crippen LogP contribution in [0.2, 0.25) is 0 Å². The van der Waals surface area contributed by atoms with E-state index in [2.05, 4.69) is 36.8 Å². The van der Waals surface area contributed by atoms with Crippen LogP contribution in [0.1, 0.15) is 10.4 Å². The molecule has 0 radical (unpaired) electrons. The maximum atomic E-state index is 12.4. The van der Waals surface area contributed by atoms with Gasteiger partial charge in [0.05, 0.1) is 11.3 Å². The number of amides is 2. The topological polar surface area (TPSA) is 84.0 Å². The smallest absolute Gasteiger partial charge is 0.258 e. The van der Waals surface area contributed by atoms with Crippen LogP contribution < -0.4 is 10.6 Å². The van der Waals surface area contributed by atoms with Crippen LogP contribution in [-0.4, -0.2) is 27.8 Å². The summed E-state index contributed by atoms with van der Waals surface area (Å²) >= 11 is 5.85. The van der Waals surface area contributed by atoms with Gasteiger partial charge in [-0.05, 0) is 51.3 Å². The molecule has 0 atom stereocenters. The van der Waals surface area contributed by atoms with Crippen molar-refractivity contribution in [3.8, 4) is 11.1 Å². The van der Waals surface area contributed by atoms with Crippen molar-refractivity contribution in [3.63, 3.8) is 0 Å². The summed E-state index contributed by atoms with van der Waals surface area (Å²) in [5.74, 6) is -0.230. The summed E-state index contributed by atoms with van der Waals surface area (Å²) in [5, 5.41) is 14.0. The van der Waals surface area contributed by atoms with E-state index in [0.717, 1.165) is 16.8 Å². The molecule has 0 aliphatic heterocycles. The van der Waals surface area contributed by atoms with E-state index in [4.69, 9.17) is 0 Å². The van der Waals surface area contributed by atoms with Gasteiger partial charge in [0.25, 0.3) is 5.91 Å². The highest BCUT2D eigenvalue weighted by Gasteiger charge is 2.14. The maximum absolute atomic E-state index is 12.4. The number of rotatable bonds is 7. The fourth-order valence-electron chi connectivity index (χ4n) is 2.83. The molecule has 160 valence electrons. The number of anilines is 2. The Balaban J connectivity index is 1.28. The van der Waals surface area contributed by atoms with E-state index in [9.17, 15) is 9.59 Å². The van der Waals surface area contributed by atoms with Gasteiger partial charge >= 0.3 is 0 Å². The molecule has 1 heterocycles. The predicted octanol–water partition coefficient (Wildman–Crippen LogP) is 5.95. The average Bonchev–Trinajstić information content (AvgIpc) is 3.26. The predicted molar refractivity (Wildman–Crippen MR) is 133 cm³/mol. The summed E-state index contributed by atoms with van der Waals surface area (Å²) in [5.41, 5.74) is 3.45. The van der Waals surface area contributed by atoms with E-state index in [-0.39, 0.29) is 17.6 Å². The third-order valence-electron chi connectivity index (χ3n) is 4.35. The lowest BCUT2D eigenvalue weighted by atomic mass is 10.1. The van der Waals surface area contributed by atoms with E-state index < -0.39 is 0 Å². The van der Waals surface area contributed by atoms with Crippen molar-refractivity contribution in [2.75, 3.05) is 16.4 Å². The van der Waals surface area contributed by atoms with Crippen molar-refractivity contribution in [1.29, 1.82) is 0 Å². The molecule has 1 aromatic heterocycles. The van der Waals surface area contributed by atoms with Gasteiger partial charge in [0.2, 0.25) is 11.0 Å². The van der Waals surface area contributed by atoms with Crippen LogP contribution in [0.25, 0.3) is 11.1 Å². The van der Waals surface area contributed by atoms with Crippen LogP contribution >= 0.6 is 39.0 Å². The first-order valence-electron chi connectivity index (χ1n) is 9.56. The Morgan fingerprint density at radius 1 is 0.844 bits per heavy atom. The summed E-state index contributed by atoms with van der Waals surface area (Å²) in [6.45, 7) is 0. The number of halogens is 1. The minimum Gasteiger partial charge on any atom is -0.325 e. The standard InChI is InChI=1S/C23H17BrN4O2S2/c24-19-9-5-4-8-18(19)21(30)26-22-27-28-23(32-22)31-14-20(29)25-17-12-10-16(11-13-17)15-6-2-1-3-7-15/h1-13H,14H2,(H,25,29)(H,26,27,30). The van der Waals surface area contributed by atoms with Gasteiger partial charge in [-0.3, -0.25) is 14.9 Å². The molecule has 0 fully saturated rings. The monoisotopic (exact) mass is 524 g/mol. The van der Waals surface area contributed by atoms with Gasteiger partial charge in [-0.1, -0.05) is 77.7 Å². The lowest BCUT2D eigenvalue weighted by molar-refractivity contribution is -0.113. The summed E-state index contributed by atoms with van der Waals surface area (Å²) in [6.07, 6.45) is 0. The summed E-state index contributed by atoms with van der Waals surface area (Å²) in [4.78, 5) is 24.7. The fourth-order valence-corrected chi connectivity index (χ4v) is 4.84. The third-order valence-corrected chi connectivity index (χ3v) is 7.01. The Morgan fingerprint density at radius 2 is 1.53 bits per heavy atom. The van der Waals surface area contributed by atoms with Gasteiger partial charge in [0.15, 0.2) is 4.34 Å². The quantitative estimate of drug-likeness (QED) is 0.230. The number of thioether (sulfide) groups is 1. The number of nitrogens with zero attached hydrogens (tertiary/aromatic N) is 2. The molecule has 0 bridgehead atoms. The summed E-state index contributed by atoms with van der Waals surface area (Å²) < 4.78 is 1.30. The molecule has 2 amide bonds. The van der Waals surface area contributed by atoms with E-state index >= 15 is 0 Å². The van der Waals surface area contributed by atoms with Crippen LogP contribution in [-0.2, 0) is 4.79 Å². The van der Waals surface area contributed by atoms with Crippen LogP contribution in [0.15, 0.2) is 87.7 Å². The highest BCUT2D eigenvalue weighted by molar-refractivity contribution is 9.10. The lowest BCUT2D eigenvalue weighted by Crippen LogP contribution is -2.13. The largest absolute Gasteiger partial charge is 0.325 e. The fraction of sp³-hybridized carbons (Fsp3) is 0.0435. The summed E-state index contributed by atoms with van der Waals surface area (Å²) in [7, 11) is 0. The summed E-state index contributed by atoms with van der Waals surface area (Å²) in [6, 6.07) is 24.9. The minimum atomic E-state index is -0.276. The van der Waals surface area contributed by atoms with Crippen LogP contribution in [0.4, 0.5) is 10.8 Å². The van der Waals surface area contributed by atoms with Crippen molar-refractivity contribution in [2.24, 2.45) is 0 Å². The Labute approximate surface area is 201 Å². The van der Waals surface area contributed by atoms with Gasteiger partial charge in [-0.15, -0.1) is 10.2 Å². The first kappa shape index (κ1) is 22.2. The van der Waals surface area contributed by atoms with Gasteiger partial charge in [0, 0.05) is 10.2 Å². The number of aromatic nitrogens is 2. The van der Waals surface area contributed by atoms with Gasteiger partial charge in [-0.2, -0.15) is 0 Å². The second kappa shape index (κ2) is 10.5. The Kier molecular flexibility index (Phi) is 7.31.